The maximum atomic E-state index is 12.9. The highest BCUT2D eigenvalue weighted by molar-refractivity contribution is 6.31. The van der Waals surface area contributed by atoms with Crippen LogP contribution in [0.1, 0.15) is 36.2 Å². The molecule has 3 aromatic rings. The summed E-state index contributed by atoms with van der Waals surface area (Å²) in [7, 11) is 0. The topological polar surface area (TPSA) is 88.9 Å². The van der Waals surface area contributed by atoms with E-state index in [2.05, 4.69) is 34.6 Å². The number of benzene rings is 1. The highest BCUT2D eigenvalue weighted by atomic mass is 35.5. The van der Waals surface area contributed by atoms with Crippen molar-refractivity contribution in [1.82, 2.24) is 25.4 Å². The summed E-state index contributed by atoms with van der Waals surface area (Å²) < 4.78 is 1.32. The van der Waals surface area contributed by atoms with E-state index in [1.54, 1.807) is 6.20 Å². The Labute approximate surface area is 203 Å². The van der Waals surface area contributed by atoms with Crippen molar-refractivity contribution in [1.29, 1.82) is 0 Å². The molecule has 0 spiro atoms. The minimum atomic E-state index is -0.377. The van der Waals surface area contributed by atoms with Gasteiger partial charge in [-0.2, -0.15) is 5.10 Å². The molecule has 0 radical (unpaired) electrons. The predicted molar refractivity (Wildman–Crippen MR) is 130 cm³/mol. The average molecular weight is 488 g/mol. The van der Waals surface area contributed by atoms with Gasteiger partial charge in [-0.3, -0.25) is 14.6 Å². The zero-order chi connectivity index (χ0) is 23.8. The van der Waals surface area contributed by atoms with E-state index in [0.717, 1.165) is 16.8 Å². The Hall–Kier alpha value is -2.74. The summed E-state index contributed by atoms with van der Waals surface area (Å²) in [5.74, 6) is -0.306. The number of nitrogens with one attached hydrogen (secondary N) is 2. The monoisotopic (exact) mass is 487 g/mol. The molecule has 0 aliphatic rings. The molecule has 0 saturated heterocycles. The lowest BCUT2D eigenvalue weighted by Gasteiger charge is -2.14. The Balaban J connectivity index is 1.66. The normalized spacial score (nSPS) is 11.1. The van der Waals surface area contributed by atoms with Crippen LogP contribution in [-0.4, -0.2) is 26.7 Å². The molecule has 3 rings (SSSR count). The van der Waals surface area contributed by atoms with Crippen molar-refractivity contribution in [3.63, 3.8) is 0 Å². The third kappa shape index (κ3) is 7.39. The number of halogens is 2. The second-order valence-electron chi connectivity index (χ2n) is 7.97. The molecule has 2 N–H and O–H groups in total. The molecular formula is C24H27Cl2N5O2. The van der Waals surface area contributed by atoms with Crippen LogP contribution in [0, 0.1) is 0 Å². The molecule has 0 unspecified atom stereocenters. The Morgan fingerprint density at radius 3 is 2.67 bits per heavy atom. The van der Waals surface area contributed by atoms with Crippen LogP contribution in [0.3, 0.4) is 0 Å². The lowest BCUT2D eigenvalue weighted by atomic mass is 10.1. The Morgan fingerprint density at radius 1 is 1.12 bits per heavy atom. The third-order valence-corrected chi connectivity index (χ3v) is 5.64. The SMILES string of the molecule is CC(C)NCc1ccc(Cl)cc1CNC(=O)Cc1c(Cl)cnn(CCc2ccccn2)c1=O. The number of aryl methyl sites for hydroxylation is 2. The van der Waals surface area contributed by atoms with E-state index < -0.39 is 0 Å². The van der Waals surface area contributed by atoms with Gasteiger partial charge in [0.1, 0.15) is 0 Å². The highest BCUT2D eigenvalue weighted by Gasteiger charge is 2.15. The van der Waals surface area contributed by atoms with Crippen LogP contribution < -0.4 is 16.2 Å². The molecule has 0 saturated carbocycles. The smallest absolute Gasteiger partial charge is 0.271 e. The van der Waals surface area contributed by atoms with Gasteiger partial charge in [0, 0.05) is 48.0 Å². The summed E-state index contributed by atoms with van der Waals surface area (Å²) in [5.41, 5.74) is 2.66. The fraction of sp³-hybridized carbons (Fsp3) is 0.333. The molecule has 7 nitrogen and oxygen atoms in total. The number of hydrogen-bond acceptors (Lipinski definition) is 5. The first-order chi connectivity index (χ1) is 15.8. The van der Waals surface area contributed by atoms with Gasteiger partial charge >= 0.3 is 0 Å². The molecule has 9 heteroatoms. The molecule has 1 amide bonds. The number of nitrogens with zero attached hydrogens (tertiary/aromatic N) is 3. The van der Waals surface area contributed by atoms with Gasteiger partial charge in [0.2, 0.25) is 5.91 Å². The highest BCUT2D eigenvalue weighted by Crippen LogP contribution is 2.17. The predicted octanol–water partition coefficient (Wildman–Crippen LogP) is 3.54. The fourth-order valence-electron chi connectivity index (χ4n) is 3.26. The van der Waals surface area contributed by atoms with E-state index >= 15 is 0 Å². The van der Waals surface area contributed by atoms with Crippen molar-refractivity contribution in [2.24, 2.45) is 0 Å². The van der Waals surface area contributed by atoms with E-state index in [1.165, 1.54) is 10.9 Å². The molecule has 0 aliphatic heterocycles. The van der Waals surface area contributed by atoms with E-state index in [9.17, 15) is 9.59 Å². The minimum Gasteiger partial charge on any atom is -0.352 e. The van der Waals surface area contributed by atoms with E-state index in [-0.39, 0.29) is 28.5 Å². The average Bonchev–Trinajstić information content (AvgIpc) is 2.80. The maximum Gasteiger partial charge on any atom is 0.271 e. The van der Waals surface area contributed by atoms with Crippen molar-refractivity contribution in [3.8, 4) is 0 Å². The van der Waals surface area contributed by atoms with Crippen LogP contribution >= 0.6 is 23.2 Å². The zero-order valence-electron chi connectivity index (χ0n) is 18.6. The molecule has 2 aromatic heterocycles. The molecule has 0 aliphatic carbocycles. The van der Waals surface area contributed by atoms with Gasteiger partial charge in [0.15, 0.2) is 0 Å². The van der Waals surface area contributed by atoms with E-state index in [4.69, 9.17) is 23.2 Å². The van der Waals surface area contributed by atoms with Gasteiger partial charge in [-0.15, -0.1) is 0 Å². The number of carbonyl (C=O) groups is 1. The summed E-state index contributed by atoms with van der Waals surface area (Å²) in [6, 6.07) is 11.5. The summed E-state index contributed by atoms with van der Waals surface area (Å²) in [6.45, 7) is 5.44. The van der Waals surface area contributed by atoms with Crippen LogP contribution in [-0.2, 0) is 37.3 Å². The molecule has 0 fully saturated rings. The number of carbonyl (C=O) groups excluding carboxylic acids is 1. The summed E-state index contributed by atoms with van der Waals surface area (Å²) in [6.07, 6.45) is 3.51. The molecule has 0 bridgehead atoms. The van der Waals surface area contributed by atoms with Crippen LogP contribution in [0.15, 0.2) is 53.6 Å². The van der Waals surface area contributed by atoms with E-state index in [1.807, 2.05) is 36.4 Å². The van der Waals surface area contributed by atoms with Gasteiger partial charge in [-0.05, 0) is 35.4 Å². The first-order valence-corrected chi connectivity index (χ1v) is 11.5. The molecule has 33 heavy (non-hydrogen) atoms. The van der Waals surface area contributed by atoms with Gasteiger partial charge < -0.3 is 10.6 Å². The van der Waals surface area contributed by atoms with Crippen molar-refractivity contribution in [2.75, 3.05) is 0 Å². The first-order valence-electron chi connectivity index (χ1n) is 10.7. The van der Waals surface area contributed by atoms with Crippen LogP contribution in [0.4, 0.5) is 0 Å². The summed E-state index contributed by atoms with van der Waals surface area (Å²) in [5, 5.41) is 11.1. The number of amides is 1. The number of rotatable bonds is 10. The number of hydrogen-bond donors (Lipinski definition) is 2. The zero-order valence-corrected chi connectivity index (χ0v) is 20.2. The van der Waals surface area contributed by atoms with Gasteiger partial charge in [-0.1, -0.05) is 49.2 Å². The molecule has 2 heterocycles. The lowest BCUT2D eigenvalue weighted by molar-refractivity contribution is -0.120. The molecule has 174 valence electrons. The summed E-state index contributed by atoms with van der Waals surface area (Å²) in [4.78, 5) is 29.8. The number of pyridine rings is 1. The van der Waals surface area contributed by atoms with Crippen molar-refractivity contribution in [3.05, 3.63) is 91.6 Å². The molecular weight excluding hydrogens is 461 g/mol. The van der Waals surface area contributed by atoms with Gasteiger partial charge in [0.25, 0.3) is 5.56 Å². The Kier molecular flexibility index (Phi) is 9.00. The Morgan fingerprint density at radius 2 is 1.94 bits per heavy atom. The number of aromatic nitrogens is 3. The van der Waals surface area contributed by atoms with Gasteiger partial charge in [0.05, 0.1) is 24.2 Å². The quantitative estimate of drug-likeness (QED) is 0.456. The van der Waals surface area contributed by atoms with Crippen molar-refractivity contribution < 1.29 is 4.79 Å². The second kappa shape index (κ2) is 11.9. The standard InChI is InChI=1S/C24H27Cl2N5O2/c1-16(2)28-13-17-6-7-19(25)11-18(17)14-29-23(32)12-21-22(26)15-30-31(24(21)33)10-8-20-5-3-4-9-27-20/h3-7,9,11,15-16,28H,8,10,12-14H2,1-2H3,(H,29,32). The van der Waals surface area contributed by atoms with Crippen LogP contribution in [0.5, 0.6) is 0 Å². The summed E-state index contributed by atoms with van der Waals surface area (Å²) >= 11 is 12.4. The van der Waals surface area contributed by atoms with E-state index in [0.29, 0.717) is 37.1 Å². The maximum absolute atomic E-state index is 12.9. The van der Waals surface area contributed by atoms with Crippen molar-refractivity contribution >= 4 is 29.1 Å². The largest absolute Gasteiger partial charge is 0.352 e. The van der Waals surface area contributed by atoms with Crippen LogP contribution in [0.25, 0.3) is 0 Å². The second-order valence-corrected chi connectivity index (χ2v) is 8.82. The fourth-order valence-corrected chi connectivity index (χ4v) is 3.64. The molecule has 0 atom stereocenters. The molecule has 1 aromatic carbocycles. The minimum absolute atomic E-state index is 0.135. The van der Waals surface area contributed by atoms with Crippen molar-refractivity contribution in [2.45, 2.75) is 52.4 Å². The van der Waals surface area contributed by atoms with Gasteiger partial charge in [-0.25, -0.2) is 4.68 Å². The lowest BCUT2D eigenvalue weighted by Crippen LogP contribution is -2.32. The third-order valence-electron chi connectivity index (χ3n) is 5.08. The van der Waals surface area contributed by atoms with Crippen LogP contribution in [0.2, 0.25) is 10.0 Å². The first kappa shape index (κ1) is 24.9. The Bertz CT molecular complexity index is 1150.